The van der Waals surface area contributed by atoms with Gasteiger partial charge in [-0.15, -0.1) is 0 Å². The van der Waals surface area contributed by atoms with Gasteiger partial charge in [-0.25, -0.2) is 4.18 Å². The molecule has 418 valence electrons. The molecule has 0 amide bonds. The molecule has 1 fully saturated rings. The van der Waals surface area contributed by atoms with E-state index in [2.05, 4.69) is 164 Å². The fourth-order valence-electron chi connectivity index (χ4n) is 7.38. The van der Waals surface area contributed by atoms with Crippen LogP contribution in [0.15, 0.2) is 146 Å². The van der Waals surface area contributed by atoms with E-state index in [1.165, 1.54) is 19.3 Å². The van der Waals surface area contributed by atoms with Crippen molar-refractivity contribution in [2.75, 3.05) is 26.4 Å². The number of carbonyl (C=O) groups is 1. The van der Waals surface area contributed by atoms with Crippen molar-refractivity contribution in [3.63, 3.8) is 0 Å². The first-order chi connectivity index (χ1) is 36.1. The Morgan fingerprint density at radius 3 is 1.30 bits per heavy atom. The Morgan fingerprint density at radius 1 is 0.514 bits per heavy atom. The van der Waals surface area contributed by atoms with Crippen molar-refractivity contribution < 1.29 is 56.2 Å². The molecular formula is C61H96O12S. The first-order valence-corrected chi connectivity index (χ1v) is 29.0. The Morgan fingerprint density at radius 2 is 0.892 bits per heavy atom. The summed E-state index contributed by atoms with van der Waals surface area (Å²) in [7, 11) is -5.09. The van der Waals surface area contributed by atoms with Gasteiger partial charge in [0.2, 0.25) is 0 Å². The molecule has 0 saturated carbocycles. The molecule has 4 N–H and O–H groups in total. The lowest BCUT2D eigenvalue weighted by Gasteiger charge is -2.41. The van der Waals surface area contributed by atoms with Crippen molar-refractivity contribution >= 4 is 16.4 Å². The molecule has 0 bridgehead atoms. The highest BCUT2D eigenvalue weighted by Gasteiger charge is 2.48. The fraction of sp³-hybridized carbons (Fsp3) is 0.590. The number of unbranched alkanes of at least 4 members (excludes halogenated alkanes) is 9. The number of allylic oxidation sites excluding steroid dienone is 24. The fourth-order valence-corrected chi connectivity index (χ4v) is 7.89. The highest BCUT2D eigenvalue weighted by atomic mass is 32.3. The second kappa shape index (κ2) is 49.8. The van der Waals surface area contributed by atoms with E-state index in [1.54, 1.807) is 0 Å². The predicted octanol–water partition coefficient (Wildman–Crippen LogP) is 13.6. The van der Waals surface area contributed by atoms with Crippen LogP contribution in [0, 0.1) is 0 Å². The molecule has 6 atom stereocenters. The molecule has 0 aromatic carbocycles. The highest BCUT2D eigenvalue weighted by Crippen LogP contribution is 2.26. The van der Waals surface area contributed by atoms with Crippen molar-refractivity contribution in [2.45, 2.75) is 205 Å². The molecule has 1 saturated heterocycles. The van der Waals surface area contributed by atoms with Crippen molar-refractivity contribution in [3.8, 4) is 0 Å². The molecule has 0 aromatic rings. The molecular weight excluding hydrogens is 957 g/mol. The molecule has 0 spiro atoms. The first-order valence-electron chi connectivity index (χ1n) is 27.6. The lowest BCUT2D eigenvalue weighted by atomic mass is 9.99. The number of aliphatic hydroxyl groups excluding tert-OH is 3. The van der Waals surface area contributed by atoms with Crippen LogP contribution in [0.2, 0.25) is 0 Å². The van der Waals surface area contributed by atoms with Gasteiger partial charge in [0.15, 0.2) is 6.29 Å². The van der Waals surface area contributed by atoms with Crippen LogP contribution in [0.4, 0.5) is 0 Å². The van der Waals surface area contributed by atoms with Gasteiger partial charge in [0.05, 0.1) is 19.8 Å². The van der Waals surface area contributed by atoms with Gasteiger partial charge in [-0.1, -0.05) is 192 Å². The van der Waals surface area contributed by atoms with E-state index >= 15 is 0 Å². The Balaban J connectivity index is 2.39. The third-order valence-electron chi connectivity index (χ3n) is 11.5. The van der Waals surface area contributed by atoms with Gasteiger partial charge >= 0.3 is 16.4 Å². The maximum atomic E-state index is 12.9. The molecule has 13 heteroatoms. The van der Waals surface area contributed by atoms with Gasteiger partial charge in [0.25, 0.3) is 0 Å². The van der Waals surface area contributed by atoms with Gasteiger partial charge in [0.1, 0.15) is 30.5 Å². The third-order valence-corrected chi connectivity index (χ3v) is 11.9. The van der Waals surface area contributed by atoms with E-state index in [0.717, 1.165) is 122 Å². The summed E-state index contributed by atoms with van der Waals surface area (Å²) in [6.45, 7) is 3.66. The summed E-state index contributed by atoms with van der Waals surface area (Å²) in [5, 5.41) is 30.8. The van der Waals surface area contributed by atoms with Gasteiger partial charge in [-0.3, -0.25) is 9.35 Å². The minimum Gasteiger partial charge on any atom is -0.457 e. The average molecular weight is 1050 g/mol. The van der Waals surface area contributed by atoms with E-state index < -0.39 is 59.8 Å². The molecule has 1 aliphatic rings. The first kappa shape index (κ1) is 68.0. The molecule has 1 rings (SSSR count). The van der Waals surface area contributed by atoms with Gasteiger partial charge < -0.3 is 34.3 Å². The standard InChI is InChI=1S/C61H96O12S/c1-3-5-7-9-11-13-15-17-19-21-23-25-26-27-28-29-31-33-35-37-39-41-43-45-47-49-51-69-53-55(54-70-61-59(65)60(73-74(66,67)68)58(64)56(52-62)72-61)71-57(63)50-48-46-44-42-40-38-36-34-32-30-24-22-20-18-16-14-12-10-8-6-4-2/h5-8,11-14,17-20,23-25,27-28,30-31,33-34,36,40,42,55-56,58-62,64-65H,3-4,9-10,15-16,21-22,26,29,32,35,37-39,41,43-54H2,1-2H3,(H,66,67,68)/b7-5-,8-6-,13-11-,14-12-,19-17-,20-18-,25-23-,28-27-,30-24-,33-31-,36-34-,42-40-. The molecule has 0 aromatic heterocycles. The number of rotatable bonds is 46. The predicted molar refractivity (Wildman–Crippen MR) is 303 cm³/mol. The molecule has 0 aliphatic carbocycles. The van der Waals surface area contributed by atoms with Crippen molar-refractivity contribution in [1.82, 2.24) is 0 Å². The van der Waals surface area contributed by atoms with Crippen LogP contribution in [0.3, 0.4) is 0 Å². The lowest BCUT2D eigenvalue weighted by molar-refractivity contribution is -0.301. The summed E-state index contributed by atoms with van der Waals surface area (Å²) in [6, 6.07) is 0. The quantitative estimate of drug-likeness (QED) is 0.0197. The van der Waals surface area contributed by atoms with Crippen LogP contribution in [-0.4, -0.2) is 97.5 Å². The van der Waals surface area contributed by atoms with Gasteiger partial charge in [-0.05, 0) is 116 Å². The summed E-state index contributed by atoms with van der Waals surface area (Å²) < 4.78 is 59.3. The summed E-state index contributed by atoms with van der Waals surface area (Å²) in [5.41, 5.74) is 0. The Hall–Kier alpha value is -4.02. The molecule has 1 heterocycles. The summed E-state index contributed by atoms with van der Waals surface area (Å²) in [6.07, 6.45) is 65.9. The second-order valence-electron chi connectivity index (χ2n) is 18.1. The summed E-state index contributed by atoms with van der Waals surface area (Å²) in [4.78, 5) is 12.9. The zero-order valence-electron chi connectivity index (χ0n) is 45.1. The largest absolute Gasteiger partial charge is 0.457 e. The molecule has 74 heavy (non-hydrogen) atoms. The molecule has 12 nitrogen and oxygen atoms in total. The number of hydrogen-bond donors (Lipinski definition) is 4. The smallest absolute Gasteiger partial charge is 0.397 e. The number of ether oxygens (including phenoxy) is 4. The summed E-state index contributed by atoms with van der Waals surface area (Å²) >= 11 is 0. The molecule has 1 aliphatic heterocycles. The van der Waals surface area contributed by atoms with E-state index in [9.17, 15) is 33.1 Å². The normalized spacial score (nSPS) is 19.9. The van der Waals surface area contributed by atoms with Crippen LogP contribution in [0.5, 0.6) is 0 Å². The Kier molecular flexibility index (Phi) is 45.8. The van der Waals surface area contributed by atoms with Crippen LogP contribution in [0.1, 0.15) is 168 Å². The Labute approximate surface area is 447 Å². The second-order valence-corrected chi connectivity index (χ2v) is 19.1. The van der Waals surface area contributed by atoms with Crippen LogP contribution >= 0.6 is 0 Å². The van der Waals surface area contributed by atoms with E-state index in [1.807, 2.05) is 0 Å². The van der Waals surface area contributed by atoms with Crippen molar-refractivity contribution in [2.24, 2.45) is 0 Å². The van der Waals surface area contributed by atoms with Crippen molar-refractivity contribution in [1.29, 1.82) is 0 Å². The molecule has 0 radical (unpaired) electrons. The van der Waals surface area contributed by atoms with Gasteiger partial charge in [-0.2, -0.15) is 8.42 Å². The van der Waals surface area contributed by atoms with E-state index in [-0.39, 0.29) is 19.6 Å². The van der Waals surface area contributed by atoms with E-state index in [4.69, 9.17) is 18.9 Å². The highest BCUT2D eigenvalue weighted by molar-refractivity contribution is 7.80. The topological polar surface area (TPSA) is 178 Å². The van der Waals surface area contributed by atoms with Crippen molar-refractivity contribution in [3.05, 3.63) is 146 Å². The number of carbonyl (C=O) groups excluding carboxylic acids is 1. The lowest BCUT2D eigenvalue weighted by Crippen LogP contribution is -2.60. The Bertz CT molecular complexity index is 1840. The average Bonchev–Trinajstić information content (AvgIpc) is 3.38. The SMILES string of the molecule is CC/C=C\C/C=C\C/C=C\C/C=C\C/C=C\C/C=C\CCCCCCCCCOCC(COC1OC(CO)C(O)C(OS(=O)(=O)O)C1O)OC(=O)CCCC/C=C\C/C=C\C/C=C\C/C=C\C/C=C\C/C=C\CC. The zero-order chi connectivity index (χ0) is 53.8. The minimum absolute atomic E-state index is 0.00130. The summed E-state index contributed by atoms with van der Waals surface area (Å²) in [5.74, 6) is -0.452. The minimum atomic E-state index is -5.09. The van der Waals surface area contributed by atoms with Crippen LogP contribution in [-0.2, 0) is 38.3 Å². The van der Waals surface area contributed by atoms with Crippen LogP contribution < -0.4 is 0 Å². The number of hydrogen-bond acceptors (Lipinski definition) is 11. The maximum absolute atomic E-state index is 12.9. The van der Waals surface area contributed by atoms with Crippen LogP contribution in [0.25, 0.3) is 0 Å². The number of aliphatic hydroxyl groups is 3. The molecule has 6 unspecified atom stereocenters. The van der Waals surface area contributed by atoms with Gasteiger partial charge in [0, 0.05) is 13.0 Å². The monoisotopic (exact) mass is 1050 g/mol. The maximum Gasteiger partial charge on any atom is 0.397 e. The zero-order valence-corrected chi connectivity index (χ0v) is 45.9. The van der Waals surface area contributed by atoms with E-state index in [0.29, 0.717) is 13.0 Å². The third kappa shape index (κ3) is 42.2. The number of esters is 1.